The monoisotopic (exact) mass is 509 g/mol. The number of carbonyl (C=O) groups excluding carboxylic acids is 2. The predicted molar refractivity (Wildman–Crippen MR) is 134 cm³/mol. The molecule has 0 saturated carbocycles. The summed E-state index contributed by atoms with van der Waals surface area (Å²) in [6, 6.07) is 9.85. The van der Waals surface area contributed by atoms with Gasteiger partial charge < -0.3 is 10.2 Å². The van der Waals surface area contributed by atoms with Crippen LogP contribution in [0.25, 0.3) is 12.2 Å². The van der Waals surface area contributed by atoms with E-state index in [1.807, 2.05) is 6.07 Å². The molecule has 0 spiro atoms. The first-order chi connectivity index (χ1) is 17.7. The number of aromatic nitrogens is 3. The van der Waals surface area contributed by atoms with Gasteiger partial charge in [-0.1, -0.05) is 18.2 Å². The SMILES string of the molecule is C/C(=C/c1cccnc1)C(=O)Nc1cc(C2CCCCN2C(=O)/C=C/c2cccc(C(F)(F)F)c2)[nH]n1. The lowest BCUT2D eigenvalue weighted by Crippen LogP contribution is -2.37. The van der Waals surface area contributed by atoms with Crippen molar-refractivity contribution in [1.29, 1.82) is 0 Å². The number of likely N-dealkylation sites (tertiary alicyclic amines) is 1. The van der Waals surface area contributed by atoms with Gasteiger partial charge >= 0.3 is 6.18 Å². The van der Waals surface area contributed by atoms with E-state index in [0.29, 0.717) is 30.1 Å². The van der Waals surface area contributed by atoms with Crippen LogP contribution in [0.2, 0.25) is 0 Å². The lowest BCUT2D eigenvalue weighted by Gasteiger charge is -2.34. The third-order valence-electron chi connectivity index (χ3n) is 6.04. The highest BCUT2D eigenvalue weighted by Crippen LogP contribution is 2.32. The maximum absolute atomic E-state index is 13.0. The largest absolute Gasteiger partial charge is 0.416 e. The van der Waals surface area contributed by atoms with Gasteiger partial charge in [-0.3, -0.25) is 19.7 Å². The Morgan fingerprint density at radius 2 is 1.95 bits per heavy atom. The summed E-state index contributed by atoms with van der Waals surface area (Å²) in [4.78, 5) is 31.3. The van der Waals surface area contributed by atoms with E-state index in [1.54, 1.807) is 42.4 Å². The minimum Gasteiger partial charge on any atom is -0.331 e. The molecule has 3 aromatic rings. The third kappa shape index (κ3) is 6.72. The highest BCUT2D eigenvalue weighted by molar-refractivity contribution is 6.05. The van der Waals surface area contributed by atoms with E-state index in [9.17, 15) is 22.8 Å². The van der Waals surface area contributed by atoms with Gasteiger partial charge in [-0.2, -0.15) is 18.3 Å². The first kappa shape index (κ1) is 25.9. The molecule has 1 atom stereocenters. The van der Waals surface area contributed by atoms with Crippen molar-refractivity contribution in [2.24, 2.45) is 0 Å². The number of pyridine rings is 1. The molecule has 4 rings (SSSR count). The van der Waals surface area contributed by atoms with E-state index in [-0.39, 0.29) is 23.4 Å². The molecular formula is C27H26F3N5O2. The number of alkyl halides is 3. The van der Waals surface area contributed by atoms with Gasteiger partial charge in [-0.25, -0.2) is 0 Å². The minimum absolute atomic E-state index is 0.290. The van der Waals surface area contributed by atoms with Crippen LogP contribution in [-0.4, -0.2) is 38.4 Å². The Hall–Kier alpha value is -4.21. The molecule has 2 aromatic heterocycles. The Morgan fingerprint density at radius 3 is 2.70 bits per heavy atom. The van der Waals surface area contributed by atoms with Gasteiger partial charge in [0.15, 0.2) is 5.82 Å². The van der Waals surface area contributed by atoms with E-state index in [4.69, 9.17) is 0 Å². The number of hydrogen-bond donors (Lipinski definition) is 2. The molecule has 192 valence electrons. The standard InChI is InChI=1S/C27H26F3N5O2/c1-18(14-20-7-5-12-31-17-20)26(37)32-24-16-22(33-34-24)23-9-2-3-13-35(23)25(36)11-10-19-6-4-8-21(15-19)27(28,29)30/h4-8,10-12,14-17,23H,2-3,9,13H2,1H3,(H2,32,33,34,37)/b11-10+,18-14-. The number of anilines is 1. The van der Waals surface area contributed by atoms with Crippen LogP contribution in [-0.2, 0) is 15.8 Å². The number of nitrogens with one attached hydrogen (secondary N) is 2. The van der Waals surface area contributed by atoms with Crippen LogP contribution in [0.1, 0.15) is 54.6 Å². The van der Waals surface area contributed by atoms with E-state index < -0.39 is 11.7 Å². The van der Waals surface area contributed by atoms with Crippen LogP contribution in [0.5, 0.6) is 0 Å². The van der Waals surface area contributed by atoms with E-state index in [1.165, 1.54) is 24.3 Å². The second-order valence-electron chi connectivity index (χ2n) is 8.78. The molecule has 2 N–H and O–H groups in total. The molecule has 1 saturated heterocycles. The fourth-order valence-corrected chi connectivity index (χ4v) is 4.16. The van der Waals surface area contributed by atoms with Gasteiger partial charge in [0.05, 0.1) is 17.3 Å². The molecule has 1 aromatic carbocycles. The number of halogens is 3. The van der Waals surface area contributed by atoms with Gasteiger partial charge in [0.25, 0.3) is 5.91 Å². The lowest BCUT2D eigenvalue weighted by atomic mass is 9.99. The maximum atomic E-state index is 13.0. The molecule has 1 fully saturated rings. The zero-order valence-corrected chi connectivity index (χ0v) is 20.1. The summed E-state index contributed by atoms with van der Waals surface area (Å²) in [7, 11) is 0. The van der Waals surface area contributed by atoms with Crippen molar-refractivity contribution < 1.29 is 22.8 Å². The highest BCUT2D eigenvalue weighted by atomic mass is 19.4. The number of benzene rings is 1. The number of nitrogens with zero attached hydrogens (tertiary/aromatic N) is 3. The molecule has 2 amide bonds. The van der Waals surface area contributed by atoms with Crippen molar-refractivity contribution in [1.82, 2.24) is 20.1 Å². The van der Waals surface area contributed by atoms with Crippen LogP contribution in [0.15, 0.2) is 66.5 Å². The molecule has 0 radical (unpaired) electrons. The van der Waals surface area contributed by atoms with Gasteiger partial charge in [-0.15, -0.1) is 0 Å². The van der Waals surface area contributed by atoms with Crippen LogP contribution >= 0.6 is 0 Å². The topological polar surface area (TPSA) is 91.0 Å². The fraction of sp³-hybridized carbons (Fsp3) is 0.259. The number of rotatable bonds is 6. The van der Waals surface area contributed by atoms with Gasteiger partial charge in [0, 0.05) is 36.7 Å². The van der Waals surface area contributed by atoms with Crippen LogP contribution < -0.4 is 5.32 Å². The lowest BCUT2D eigenvalue weighted by molar-refractivity contribution is -0.137. The number of aromatic amines is 1. The number of hydrogen-bond acceptors (Lipinski definition) is 4. The normalized spacial score (nSPS) is 16.7. The van der Waals surface area contributed by atoms with Crippen molar-refractivity contribution in [3.8, 4) is 0 Å². The minimum atomic E-state index is -4.45. The van der Waals surface area contributed by atoms with Crippen LogP contribution in [0, 0.1) is 0 Å². The second-order valence-corrected chi connectivity index (χ2v) is 8.78. The Balaban J connectivity index is 1.44. The fourth-order valence-electron chi connectivity index (χ4n) is 4.16. The molecule has 3 heterocycles. The quantitative estimate of drug-likeness (QED) is 0.421. The predicted octanol–water partition coefficient (Wildman–Crippen LogP) is 5.63. The van der Waals surface area contributed by atoms with Gasteiger partial charge in [-0.05, 0) is 67.7 Å². The Labute approximate surface area is 212 Å². The van der Waals surface area contributed by atoms with Gasteiger partial charge in [0.2, 0.25) is 5.91 Å². The first-order valence-corrected chi connectivity index (χ1v) is 11.8. The third-order valence-corrected chi connectivity index (χ3v) is 6.04. The second kappa shape index (κ2) is 11.2. The number of H-pyrrole nitrogens is 1. The molecule has 37 heavy (non-hydrogen) atoms. The Bertz CT molecular complexity index is 1310. The zero-order chi connectivity index (χ0) is 26.4. The van der Waals surface area contributed by atoms with Crippen molar-refractivity contribution in [3.05, 3.63) is 88.9 Å². The molecule has 1 unspecified atom stereocenters. The van der Waals surface area contributed by atoms with Crippen molar-refractivity contribution in [2.45, 2.75) is 38.4 Å². The zero-order valence-electron chi connectivity index (χ0n) is 20.1. The van der Waals surface area contributed by atoms with E-state index in [0.717, 1.165) is 30.5 Å². The molecule has 0 aliphatic carbocycles. The summed E-state index contributed by atoms with van der Waals surface area (Å²) in [5.74, 6) is -0.295. The summed E-state index contributed by atoms with van der Waals surface area (Å²) >= 11 is 0. The Morgan fingerprint density at radius 1 is 1.14 bits per heavy atom. The highest BCUT2D eigenvalue weighted by Gasteiger charge is 2.31. The molecular weight excluding hydrogens is 483 g/mol. The van der Waals surface area contributed by atoms with Crippen molar-refractivity contribution in [3.63, 3.8) is 0 Å². The maximum Gasteiger partial charge on any atom is 0.416 e. The summed E-state index contributed by atoms with van der Waals surface area (Å²) in [5.41, 5.74) is 1.47. The molecule has 1 aliphatic rings. The molecule has 0 bridgehead atoms. The van der Waals surface area contributed by atoms with E-state index in [2.05, 4.69) is 20.5 Å². The summed E-state index contributed by atoms with van der Waals surface area (Å²) < 4.78 is 38.9. The van der Waals surface area contributed by atoms with Crippen molar-refractivity contribution in [2.75, 3.05) is 11.9 Å². The molecule has 10 heteroatoms. The first-order valence-electron chi connectivity index (χ1n) is 11.8. The van der Waals surface area contributed by atoms with Crippen LogP contribution in [0.3, 0.4) is 0 Å². The van der Waals surface area contributed by atoms with Crippen LogP contribution in [0.4, 0.5) is 19.0 Å². The summed E-state index contributed by atoms with van der Waals surface area (Å²) in [5, 5.41) is 9.85. The summed E-state index contributed by atoms with van der Waals surface area (Å²) in [6.07, 6.45) is 5.66. The average Bonchev–Trinajstić information content (AvgIpc) is 3.36. The summed E-state index contributed by atoms with van der Waals surface area (Å²) in [6.45, 7) is 2.19. The molecule has 7 nitrogen and oxygen atoms in total. The molecule has 1 aliphatic heterocycles. The number of piperidine rings is 1. The van der Waals surface area contributed by atoms with Crippen molar-refractivity contribution >= 4 is 29.8 Å². The van der Waals surface area contributed by atoms with E-state index >= 15 is 0 Å². The Kier molecular flexibility index (Phi) is 7.86. The average molecular weight is 510 g/mol. The number of amides is 2. The number of carbonyl (C=O) groups is 2. The smallest absolute Gasteiger partial charge is 0.331 e. The van der Waals surface area contributed by atoms with Gasteiger partial charge in [0.1, 0.15) is 0 Å².